The minimum atomic E-state index is -4.43. The van der Waals surface area contributed by atoms with Crippen LogP contribution >= 0.6 is 31.9 Å². The van der Waals surface area contributed by atoms with Crippen molar-refractivity contribution in [3.8, 4) is 17.6 Å². The van der Waals surface area contributed by atoms with Gasteiger partial charge in [0, 0.05) is 5.56 Å². The second-order valence-electron chi connectivity index (χ2n) is 7.92. The lowest BCUT2D eigenvalue weighted by molar-refractivity contribution is -0.149. The van der Waals surface area contributed by atoms with Crippen molar-refractivity contribution < 1.29 is 27.4 Å². The summed E-state index contributed by atoms with van der Waals surface area (Å²) < 4.78 is 49.9. The molecule has 0 N–H and O–H groups in total. The van der Waals surface area contributed by atoms with Gasteiger partial charge >= 0.3 is 12.1 Å². The molecule has 32 heavy (non-hydrogen) atoms. The highest BCUT2D eigenvalue weighted by atomic mass is 79.9. The minimum absolute atomic E-state index is 0.0302. The van der Waals surface area contributed by atoms with Crippen LogP contribution in [0.1, 0.15) is 31.1 Å². The lowest BCUT2D eigenvalue weighted by Gasteiger charge is -2.14. The van der Waals surface area contributed by atoms with Crippen LogP contribution < -0.4 is 4.74 Å². The highest BCUT2D eigenvalue weighted by molar-refractivity contribution is 9.28. The van der Waals surface area contributed by atoms with E-state index >= 15 is 0 Å². The van der Waals surface area contributed by atoms with Crippen molar-refractivity contribution in [2.45, 2.75) is 26.1 Å². The first-order chi connectivity index (χ1) is 14.9. The second kappa shape index (κ2) is 9.28. The predicted octanol–water partition coefficient (Wildman–Crippen LogP) is 7.51. The first-order valence-electron chi connectivity index (χ1n) is 9.51. The quantitative estimate of drug-likeness (QED) is 0.336. The SMILES string of the molecule is CC1(C)C(C=C(Br)Br)C1C(=O)OC(C#N)c1cccc(Oc2ccc(C(F)(F)F)cc2)c1. The number of carbonyl (C=O) groups excluding carboxylic acids is 1. The van der Waals surface area contributed by atoms with E-state index in [0.717, 1.165) is 15.5 Å². The number of halogens is 5. The number of alkyl halides is 3. The third-order valence-electron chi connectivity index (χ3n) is 5.40. The highest BCUT2D eigenvalue weighted by Crippen LogP contribution is 2.60. The number of benzene rings is 2. The topological polar surface area (TPSA) is 59.3 Å². The van der Waals surface area contributed by atoms with E-state index in [1.165, 1.54) is 18.2 Å². The van der Waals surface area contributed by atoms with Gasteiger partial charge in [0.15, 0.2) is 0 Å². The Hall–Kier alpha value is -2.31. The third-order valence-corrected chi connectivity index (χ3v) is 5.93. The number of nitriles is 1. The highest BCUT2D eigenvalue weighted by Gasteiger charge is 2.61. The molecule has 0 spiro atoms. The van der Waals surface area contributed by atoms with Crippen LogP contribution in [0.15, 0.2) is 58.0 Å². The molecule has 1 fully saturated rings. The van der Waals surface area contributed by atoms with Crippen LogP contribution in [-0.2, 0) is 15.7 Å². The maximum Gasteiger partial charge on any atom is 0.416 e. The molecule has 0 radical (unpaired) electrons. The Morgan fingerprint density at radius 3 is 2.38 bits per heavy atom. The monoisotopic (exact) mass is 571 g/mol. The Kier molecular flexibility index (Phi) is 7.06. The zero-order valence-corrected chi connectivity index (χ0v) is 20.2. The van der Waals surface area contributed by atoms with Gasteiger partial charge in [-0.05, 0) is 79.6 Å². The summed E-state index contributed by atoms with van der Waals surface area (Å²) in [5.41, 5.74) is -0.673. The number of ether oxygens (including phenoxy) is 2. The molecule has 0 heterocycles. The van der Waals surface area contributed by atoms with Gasteiger partial charge < -0.3 is 9.47 Å². The lowest BCUT2D eigenvalue weighted by Crippen LogP contribution is -2.14. The molecule has 3 rings (SSSR count). The number of hydrogen-bond donors (Lipinski definition) is 0. The number of rotatable bonds is 6. The van der Waals surface area contributed by atoms with E-state index in [2.05, 4.69) is 31.9 Å². The van der Waals surface area contributed by atoms with Crippen LogP contribution in [0.4, 0.5) is 13.2 Å². The van der Waals surface area contributed by atoms with Crippen molar-refractivity contribution in [3.63, 3.8) is 0 Å². The second-order valence-corrected chi connectivity index (χ2v) is 10.7. The van der Waals surface area contributed by atoms with E-state index in [-0.39, 0.29) is 23.0 Å². The molecule has 4 nitrogen and oxygen atoms in total. The fourth-order valence-electron chi connectivity index (χ4n) is 3.52. The summed E-state index contributed by atoms with van der Waals surface area (Å²) in [6, 6.07) is 12.6. The average Bonchev–Trinajstić information content (AvgIpc) is 3.25. The minimum Gasteiger partial charge on any atom is -0.457 e. The van der Waals surface area contributed by atoms with Gasteiger partial charge in [0.05, 0.1) is 14.9 Å². The van der Waals surface area contributed by atoms with E-state index in [4.69, 9.17) is 9.47 Å². The summed E-state index contributed by atoms with van der Waals surface area (Å²) in [4.78, 5) is 12.7. The molecule has 0 aliphatic heterocycles. The van der Waals surface area contributed by atoms with E-state index in [1.807, 2.05) is 26.0 Å². The summed E-state index contributed by atoms with van der Waals surface area (Å²) in [6.07, 6.45) is -3.70. The Labute approximate surface area is 200 Å². The zero-order valence-electron chi connectivity index (χ0n) is 17.0. The van der Waals surface area contributed by atoms with Crippen molar-refractivity contribution in [3.05, 3.63) is 69.1 Å². The van der Waals surface area contributed by atoms with Gasteiger partial charge in [-0.25, -0.2) is 0 Å². The normalized spacial score (nSPS) is 19.9. The third kappa shape index (κ3) is 5.54. The van der Waals surface area contributed by atoms with E-state index in [0.29, 0.717) is 11.3 Å². The van der Waals surface area contributed by atoms with E-state index in [9.17, 15) is 23.2 Å². The molecule has 0 bridgehead atoms. The number of hydrogen-bond acceptors (Lipinski definition) is 4. The first-order valence-corrected chi connectivity index (χ1v) is 11.1. The molecule has 2 aromatic carbocycles. The first kappa shape index (κ1) is 24.3. The van der Waals surface area contributed by atoms with Crippen molar-refractivity contribution in [2.75, 3.05) is 0 Å². The van der Waals surface area contributed by atoms with Crippen LogP contribution in [0.5, 0.6) is 11.5 Å². The summed E-state index contributed by atoms with van der Waals surface area (Å²) in [5, 5.41) is 9.56. The molecule has 0 saturated heterocycles. The van der Waals surface area contributed by atoms with Gasteiger partial charge in [0.25, 0.3) is 0 Å². The van der Waals surface area contributed by atoms with Gasteiger partial charge in [0.2, 0.25) is 6.10 Å². The van der Waals surface area contributed by atoms with Gasteiger partial charge in [-0.3, -0.25) is 4.79 Å². The average molecular weight is 573 g/mol. The Morgan fingerprint density at radius 2 is 1.81 bits per heavy atom. The molecule has 3 atom stereocenters. The Balaban J connectivity index is 1.71. The molecular formula is C23H18Br2F3NO3. The number of esters is 1. The van der Waals surface area contributed by atoms with E-state index in [1.54, 1.807) is 18.2 Å². The fraction of sp³-hybridized carbons (Fsp3) is 0.304. The maximum absolute atomic E-state index is 12.7. The van der Waals surface area contributed by atoms with Crippen LogP contribution in [0.25, 0.3) is 0 Å². The smallest absolute Gasteiger partial charge is 0.416 e. The molecule has 3 unspecified atom stereocenters. The molecule has 2 aromatic rings. The van der Waals surface area contributed by atoms with Crippen LogP contribution in [-0.4, -0.2) is 5.97 Å². The Morgan fingerprint density at radius 1 is 1.16 bits per heavy atom. The molecule has 1 aliphatic rings. The summed E-state index contributed by atoms with van der Waals surface area (Å²) in [7, 11) is 0. The number of allylic oxidation sites excluding steroid dienone is 1. The molecule has 0 amide bonds. The van der Waals surface area contributed by atoms with Crippen molar-refractivity contribution in [2.24, 2.45) is 17.3 Å². The molecule has 168 valence electrons. The largest absolute Gasteiger partial charge is 0.457 e. The van der Waals surface area contributed by atoms with Gasteiger partial charge in [-0.1, -0.05) is 32.1 Å². The number of carbonyl (C=O) groups is 1. The molecule has 1 saturated carbocycles. The van der Waals surface area contributed by atoms with Gasteiger partial charge in [0.1, 0.15) is 17.6 Å². The van der Waals surface area contributed by atoms with Crippen molar-refractivity contribution in [1.29, 1.82) is 5.26 Å². The van der Waals surface area contributed by atoms with Crippen LogP contribution in [0.2, 0.25) is 0 Å². The lowest BCUT2D eigenvalue weighted by atomic mass is 10.1. The maximum atomic E-state index is 12.7. The van der Waals surface area contributed by atoms with Crippen molar-refractivity contribution in [1.82, 2.24) is 0 Å². The predicted molar refractivity (Wildman–Crippen MR) is 119 cm³/mol. The molecule has 1 aliphatic carbocycles. The summed E-state index contributed by atoms with van der Waals surface area (Å²) >= 11 is 6.59. The van der Waals surface area contributed by atoms with Gasteiger partial charge in [-0.2, -0.15) is 18.4 Å². The fourth-order valence-corrected chi connectivity index (χ4v) is 4.09. The zero-order chi connectivity index (χ0) is 23.7. The molecule has 0 aromatic heterocycles. The molecule has 9 heteroatoms. The van der Waals surface area contributed by atoms with Gasteiger partial charge in [-0.15, -0.1) is 0 Å². The standard InChI is InChI=1S/C23H18Br2F3NO3/c1-22(2)17(11-19(24)25)20(22)21(30)32-18(12-29)13-4-3-5-16(10-13)31-15-8-6-14(7-9-15)23(26,27)28/h3-11,17-18,20H,1-2H3. The summed E-state index contributed by atoms with van der Waals surface area (Å²) in [6.45, 7) is 3.89. The van der Waals surface area contributed by atoms with Crippen molar-refractivity contribution >= 4 is 37.8 Å². The van der Waals surface area contributed by atoms with Crippen LogP contribution in [0.3, 0.4) is 0 Å². The van der Waals surface area contributed by atoms with Crippen LogP contribution in [0, 0.1) is 28.6 Å². The summed E-state index contributed by atoms with van der Waals surface area (Å²) in [5.74, 6) is -0.379. The number of nitrogens with zero attached hydrogens (tertiary/aromatic N) is 1. The Bertz CT molecular complexity index is 1070. The molecular weight excluding hydrogens is 555 g/mol. The van der Waals surface area contributed by atoms with E-state index < -0.39 is 23.8 Å².